The summed E-state index contributed by atoms with van der Waals surface area (Å²) in [4.78, 5) is 0. The van der Waals surface area contributed by atoms with E-state index in [-0.39, 0.29) is 0 Å². The Balaban J connectivity index is 2.23. The van der Waals surface area contributed by atoms with Crippen molar-refractivity contribution >= 4 is 10.8 Å². The van der Waals surface area contributed by atoms with Crippen LogP contribution < -0.4 is 5.32 Å². The van der Waals surface area contributed by atoms with E-state index < -0.39 is 0 Å². The molecule has 2 rings (SSSR count). The maximum absolute atomic E-state index is 5.26. The Hall–Kier alpha value is -1.38. The molecular formula is C17H23NO. The second-order valence-corrected chi connectivity index (χ2v) is 5.02. The number of benzene rings is 2. The molecule has 2 atom stereocenters. The Labute approximate surface area is 115 Å². The van der Waals surface area contributed by atoms with Gasteiger partial charge >= 0.3 is 0 Å². The van der Waals surface area contributed by atoms with Crippen LogP contribution in [0.5, 0.6) is 0 Å². The van der Waals surface area contributed by atoms with Gasteiger partial charge in [0.05, 0.1) is 6.61 Å². The van der Waals surface area contributed by atoms with Crippen molar-refractivity contribution in [3.63, 3.8) is 0 Å². The first-order valence-corrected chi connectivity index (χ1v) is 6.99. The number of hydrogen-bond acceptors (Lipinski definition) is 2. The molecule has 2 nitrogen and oxygen atoms in total. The Bertz CT molecular complexity index is 518. The highest BCUT2D eigenvalue weighted by atomic mass is 16.5. The SMILES string of the molecule is CCC(COC)NC(C)c1cccc2ccccc12. The highest BCUT2D eigenvalue weighted by Crippen LogP contribution is 2.24. The molecule has 2 aromatic rings. The Morgan fingerprint density at radius 3 is 2.58 bits per heavy atom. The van der Waals surface area contributed by atoms with Gasteiger partial charge in [0.1, 0.15) is 0 Å². The highest BCUT2D eigenvalue weighted by Gasteiger charge is 2.13. The Morgan fingerprint density at radius 2 is 1.84 bits per heavy atom. The van der Waals surface area contributed by atoms with Crippen LogP contribution in [0.4, 0.5) is 0 Å². The maximum atomic E-state index is 5.26. The van der Waals surface area contributed by atoms with Crippen molar-refractivity contribution in [2.24, 2.45) is 0 Å². The lowest BCUT2D eigenvalue weighted by molar-refractivity contribution is 0.159. The average molecular weight is 257 g/mol. The minimum Gasteiger partial charge on any atom is -0.383 e. The van der Waals surface area contributed by atoms with Crippen molar-refractivity contribution in [3.05, 3.63) is 48.0 Å². The van der Waals surface area contributed by atoms with Crippen molar-refractivity contribution in [2.45, 2.75) is 32.4 Å². The van der Waals surface area contributed by atoms with Crippen LogP contribution in [0.25, 0.3) is 10.8 Å². The summed E-state index contributed by atoms with van der Waals surface area (Å²) in [6.45, 7) is 5.16. The summed E-state index contributed by atoms with van der Waals surface area (Å²) in [5, 5.41) is 6.28. The van der Waals surface area contributed by atoms with Crippen LogP contribution in [0.3, 0.4) is 0 Å². The van der Waals surface area contributed by atoms with E-state index >= 15 is 0 Å². The molecule has 0 bridgehead atoms. The van der Waals surface area contributed by atoms with Gasteiger partial charge in [-0.1, -0.05) is 49.4 Å². The van der Waals surface area contributed by atoms with Crippen LogP contribution in [-0.4, -0.2) is 19.8 Å². The Kier molecular flexibility index (Phi) is 4.94. The van der Waals surface area contributed by atoms with Gasteiger partial charge in [-0.05, 0) is 29.7 Å². The first-order valence-electron chi connectivity index (χ1n) is 6.99. The van der Waals surface area contributed by atoms with Gasteiger partial charge in [0, 0.05) is 19.2 Å². The van der Waals surface area contributed by atoms with Crippen molar-refractivity contribution in [3.8, 4) is 0 Å². The zero-order chi connectivity index (χ0) is 13.7. The van der Waals surface area contributed by atoms with E-state index in [9.17, 15) is 0 Å². The third-order valence-corrected chi connectivity index (χ3v) is 3.64. The molecule has 0 amide bonds. The van der Waals surface area contributed by atoms with Crippen LogP contribution >= 0.6 is 0 Å². The molecule has 102 valence electrons. The molecule has 0 aliphatic heterocycles. The molecule has 0 saturated heterocycles. The summed E-state index contributed by atoms with van der Waals surface area (Å²) in [6.07, 6.45) is 1.07. The first kappa shape index (κ1) is 14.0. The van der Waals surface area contributed by atoms with Gasteiger partial charge in [-0.25, -0.2) is 0 Å². The molecule has 0 spiro atoms. The van der Waals surface area contributed by atoms with Crippen molar-refractivity contribution < 1.29 is 4.74 Å². The number of fused-ring (bicyclic) bond motifs is 1. The quantitative estimate of drug-likeness (QED) is 0.847. The third-order valence-electron chi connectivity index (χ3n) is 3.64. The standard InChI is InChI=1S/C17H23NO/c1-4-15(12-19-3)18-13(2)16-11-7-9-14-8-5-6-10-17(14)16/h5-11,13,15,18H,4,12H2,1-3H3. The van der Waals surface area contributed by atoms with Crippen LogP contribution in [0.1, 0.15) is 31.9 Å². The summed E-state index contributed by atoms with van der Waals surface area (Å²) in [5.41, 5.74) is 1.35. The van der Waals surface area contributed by atoms with Gasteiger partial charge in [-0.3, -0.25) is 0 Å². The zero-order valence-corrected chi connectivity index (χ0v) is 12.0. The van der Waals surface area contributed by atoms with E-state index in [4.69, 9.17) is 4.74 Å². The second-order valence-electron chi connectivity index (χ2n) is 5.02. The number of hydrogen-bond donors (Lipinski definition) is 1. The van der Waals surface area contributed by atoms with Crippen LogP contribution in [-0.2, 0) is 4.74 Å². The molecule has 19 heavy (non-hydrogen) atoms. The molecule has 2 heteroatoms. The second kappa shape index (κ2) is 6.69. The average Bonchev–Trinajstić information content (AvgIpc) is 2.46. The monoisotopic (exact) mass is 257 g/mol. The van der Waals surface area contributed by atoms with Gasteiger partial charge in [0.25, 0.3) is 0 Å². The molecule has 0 fully saturated rings. The van der Waals surface area contributed by atoms with E-state index in [0.717, 1.165) is 13.0 Å². The van der Waals surface area contributed by atoms with E-state index in [1.54, 1.807) is 7.11 Å². The smallest absolute Gasteiger partial charge is 0.0615 e. The predicted molar refractivity (Wildman–Crippen MR) is 81.5 cm³/mol. The summed E-state index contributed by atoms with van der Waals surface area (Å²) in [7, 11) is 1.76. The molecule has 0 aliphatic rings. The van der Waals surface area contributed by atoms with Gasteiger partial charge in [-0.2, -0.15) is 0 Å². The van der Waals surface area contributed by atoms with Crippen molar-refractivity contribution in [1.82, 2.24) is 5.32 Å². The van der Waals surface area contributed by atoms with Crippen LogP contribution in [0.2, 0.25) is 0 Å². The van der Waals surface area contributed by atoms with Crippen molar-refractivity contribution in [2.75, 3.05) is 13.7 Å². The van der Waals surface area contributed by atoms with Gasteiger partial charge in [-0.15, -0.1) is 0 Å². The van der Waals surface area contributed by atoms with E-state index in [1.165, 1.54) is 16.3 Å². The fraction of sp³-hybridized carbons (Fsp3) is 0.412. The lowest BCUT2D eigenvalue weighted by atomic mass is 9.99. The molecule has 1 N–H and O–H groups in total. The van der Waals surface area contributed by atoms with E-state index in [1.807, 2.05) is 0 Å². The van der Waals surface area contributed by atoms with Gasteiger partial charge in [0.2, 0.25) is 0 Å². The summed E-state index contributed by atoms with van der Waals surface area (Å²) >= 11 is 0. The first-order chi connectivity index (χ1) is 9.26. The molecule has 0 heterocycles. The van der Waals surface area contributed by atoms with Gasteiger partial charge < -0.3 is 10.1 Å². The molecule has 0 aliphatic carbocycles. The number of rotatable bonds is 6. The number of ether oxygens (including phenoxy) is 1. The molecule has 0 aromatic heterocycles. The van der Waals surface area contributed by atoms with Crippen LogP contribution in [0.15, 0.2) is 42.5 Å². The molecule has 0 saturated carbocycles. The fourth-order valence-electron chi connectivity index (χ4n) is 2.56. The molecule has 0 radical (unpaired) electrons. The normalized spacial score (nSPS) is 14.5. The summed E-state index contributed by atoms with van der Waals surface area (Å²) < 4.78 is 5.26. The van der Waals surface area contributed by atoms with E-state index in [0.29, 0.717) is 12.1 Å². The Morgan fingerprint density at radius 1 is 1.11 bits per heavy atom. The minimum atomic E-state index is 0.325. The largest absolute Gasteiger partial charge is 0.383 e. The van der Waals surface area contributed by atoms with Crippen LogP contribution in [0, 0.1) is 0 Å². The molecular weight excluding hydrogens is 234 g/mol. The number of nitrogens with one attached hydrogen (secondary N) is 1. The summed E-state index contributed by atoms with van der Waals surface area (Å²) in [5.74, 6) is 0. The topological polar surface area (TPSA) is 21.3 Å². The minimum absolute atomic E-state index is 0.325. The highest BCUT2D eigenvalue weighted by molar-refractivity contribution is 5.86. The molecule has 2 aromatic carbocycles. The zero-order valence-electron chi connectivity index (χ0n) is 12.0. The summed E-state index contributed by atoms with van der Waals surface area (Å²) in [6, 6.07) is 15.8. The lowest BCUT2D eigenvalue weighted by Gasteiger charge is -2.23. The molecule has 2 unspecified atom stereocenters. The van der Waals surface area contributed by atoms with Gasteiger partial charge in [0.15, 0.2) is 0 Å². The van der Waals surface area contributed by atoms with Crippen molar-refractivity contribution in [1.29, 1.82) is 0 Å². The fourth-order valence-corrected chi connectivity index (χ4v) is 2.56. The van der Waals surface area contributed by atoms with E-state index in [2.05, 4.69) is 61.6 Å². The lowest BCUT2D eigenvalue weighted by Crippen LogP contribution is -2.34. The number of methoxy groups -OCH3 is 1. The predicted octanol–water partition coefficient (Wildman–Crippen LogP) is 3.92. The third kappa shape index (κ3) is 3.34. The maximum Gasteiger partial charge on any atom is 0.0615 e.